The van der Waals surface area contributed by atoms with E-state index in [2.05, 4.69) is 0 Å². The van der Waals surface area contributed by atoms with Crippen molar-refractivity contribution in [2.24, 2.45) is 0 Å². The summed E-state index contributed by atoms with van der Waals surface area (Å²) in [7, 11) is 0. The van der Waals surface area contributed by atoms with E-state index in [4.69, 9.17) is 39.5 Å². The molecule has 0 saturated heterocycles. The summed E-state index contributed by atoms with van der Waals surface area (Å²) in [6, 6.07) is 0. The topological polar surface area (TPSA) is 9.23 Å². The van der Waals surface area contributed by atoms with Crippen LogP contribution in [0.1, 0.15) is 13.8 Å². The minimum absolute atomic E-state index is 0.375. The number of hydrogen-bond donors (Lipinski definition) is 0. The van der Waals surface area contributed by atoms with Gasteiger partial charge in [0.05, 0.1) is 0 Å². The van der Waals surface area contributed by atoms with Crippen LogP contribution in [0.15, 0.2) is 0 Å². The van der Waals surface area contributed by atoms with Gasteiger partial charge in [0.15, 0.2) is 4.84 Å². The lowest BCUT2D eigenvalue weighted by molar-refractivity contribution is 0.00267. The van der Waals surface area contributed by atoms with Crippen LogP contribution in [-0.2, 0) is 4.74 Å². The second-order valence-electron chi connectivity index (χ2n) is 2.07. The van der Waals surface area contributed by atoms with E-state index < -0.39 is 16.1 Å². The van der Waals surface area contributed by atoms with Crippen LogP contribution in [0.25, 0.3) is 0 Å². The lowest BCUT2D eigenvalue weighted by Crippen LogP contribution is -2.38. The Bertz CT molecular complexity index is 118. The van der Waals surface area contributed by atoms with Crippen LogP contribution < -0.4 is 0 Å². The summed E-state index contributed by atoms with van der Waals surface area (Å²) in [5, 5.41) is -2.21. The van der Waals surface area contributed by atoms with Crippen molar-refractivity contribution in [1.82, 2.24) is 0 Å². The first kappa shape index (κ1) is 11.8. The molecule has 0 aliphatic carbocycles. The molecule has 0 fully saturated rings. The summed E-state index contributed by atoms with van der Waals surface area (Å²) < 4.78 is 18.1. The minimum Gasteiger partial charge on any atom is -0.374 e. The van der Waals surface area contributed by atoms with E-state index in [0.717, 1.165) is 0 Å². The zero-order chi connectivity index (χ0) is 9.07. The highest BCUT2D eigenvalue weighted by atomic mass is 35.5. The maximum atomic E-state index is 13.2. The zero-order valence-electron chi connectivity index (χ0n) is 6.28. The van der Waals surface area contributed by atoms with E-state index in [1.165, 1.54) is 6.92 Å². The van der Waals surface area contributed by atoms with Gasteiger partial charge < -0.3 is 4.74 Å². The summed E-state index contributed by atoms with van der Waals surface area (Å²) in [5.41, 5.74) is 0. The first-order chi connectivity index (χ1) is 4.92. The van der Waals surface area contributed by atoms with Gasteiger partial charge in [-0.15, -0.1) is 23.2 Å². The van der Waals surface area contributed by atoms with Gasteiger partial charge in [-0.2, -0.15) is 0 Å². The fourth-order valence-electron chi connectivity index (χ4n) is 0.539. The fraction of sp³-hybridized carbons (Fsp3) is 1.00. The molecule has 0 N–H and O–H groups in total. The molecule has 5 heteroatoms. The number of rotatable bonds is 4. The van der Waals surface area contributed by atoms with Crippen molar-refractivity contribution in [2.75, 3.05) is 6.61 Å². The average Bonchev–Trinajstić information content (AvgIpc) is 1.88. The smallest absolute Gasteiger partial charge is 0.238 e. The lowest BCUT2D eigenvalue weighted by Gasteiger charge is -2.25. The molecular weight excluding hydrogens is 213 g/mol. The van der Waals surface area contributed by atoms with Gasteiger partial charge in [0.1, 0.15) is 6.10 Å². The highest BCUT2D eigenvalue weighted by Gasteiger charge is 2.41. The SMILES string of the molecule is CCOC(C)C(F)(Cl)C(Cl)Cl. The minimum atomic E-state index is -2.21. The molecule has 0 amide bonds. The van der Waals surface area contributed by atoms with Crippen LogP contribution in [0, 0.1) is 0 Å². The molecule has 0 rings (SSSR count). The molecule has 0 heterocycles. The fourth-order valence-corrected chi connectivity index (χ4v) is 0.956. The van der Waals surface area contributed by atoms with Gasteiger partial charge in [-0.1, -0.05) is 11.6 Å². The van der Waals surface area contributed by atoms with E-state index in [0.29, 0.717) is 6.61 Å². The Morgan fingerprint density at radius 3 is 2.27 bits per heavy atom. The van der Waals surface area contributed by atoms with E-state index >= 15 is 0 Å². The molecule has 2 unspecified atom stereocenters. The van der Waals surface area contributed by atoms with Crippen LogP contribution >= 0.6 is 34.8 Å². The Morgan fingerprint density at radius 2 is 2.00 bits per heavy atom. The van der Waals surface area contributed by atoms with Crippen LogP contribution in [-0.4, -0.2) is 22.7 Å². The Balaban J connectivity index is 4.05. The molecule has 0 radical (unpaired) electrons. The summed E-state index contributed by atoms with van der Waals surface area (Å²) in [6.07, 6.45) is -0.811. The van der Waals surface area contributed by atoms with Crippen molar-refractivity contribution in [1.29, 1.82) is 0 Å². The van der Waals surface area contributed by atoms with Crippen molar-refractivity contribution in [2.45, 2.75) is 29.9 Å². The Hall–Kier alpha value is 0.760. The number of halogens is 4. The quantitative estimate of drug-likeness (QED) is 0.666. The van der Waals surface area contributed by atoms with Crippen molar-refractivity contribution >= 4 is 34.8 Å². The van der Waals surface area contributed by atoms with E-state index in [-0.39, 0.29) is 0 Å². The molecule has 0 aromatic heterocycles. The Morgan fingerprint density at radius 1 is 1.55 bits per heavy atom. The third-order valence-electron chi connectivity index (χ3n) is 1.25. The molecular formula is C6H10Cl3FO. The van der Waals surface area contributed by atoms with E-state index in [9.17, 15) is 4.39 Å². The van der Waals surface area contributed by atoms with E-state index in [1.807, 2.05) is 0 Å². The molecule has 0 aliphatic rings. The highest BCUT2D eigenvalue weighted by Crippen LogP contribution is 2.34. The zero-order valence-corrected chi connectivity index (χ0v) is 8.55. The van der Waals surface area contributed by atoms with Gasteiger partial charge in [0, 0.05) is 6.61 Å². The van der Waals surface area contributed by atoms with Gasteiger partial charge in [0.25, 0.3) is 0 Å². The van der Waals surface area contributed by atoms with Crippen molar-refractivity contribution < 1.29 is 9.13 Å². The summed E-state index contributed by atoms with van der Waals surface area (Å²) >= 11 is 15.9. The highest BCUT2D eigenvalue weighted by molar-refractivity contribution is 6.49. The van der Waals surface area contributed by atoms with Gasteiger partial charge in [-0.05, 0) is 13.8 Å². The Kier molecular flexibility index (Phi) is 5.03. The maximum Gasteiger partial charge on any atom is 0.238 e. The van der Waals surface area contributed by atoms with E-state index in [1.54, 1.807) is 6.92 Å². The van der Waals surface area contributed by atoms with Gasteiger partial charge in [0.2, 0.25) is 5.13 Å². The number of ether oxygens (including phenoxy) is 1. The van der Waals surface area contributed by atoms with Crippen LogP contribution in [0.2, 0.25) is 0 Å². The molecule has 0 aliphatic heterocycles. The molecule has 68 valence electrons. The third kappa shape index (κ3) is 3.32. The molecule has 2 atom stereocenters. The lowest BCUT2D eigenvalue weighted by atomic mass is 10.3. The van der Waals surface area contributed by atoms with Crippen molar-refractivity contribution in [3.63, 3.8) is 0 Å². The Labute approximate surface area is 80.8 Å². The average molecular weight is 224 g/mol. The molecule has 0 spiro atoms. The van der Waals surface area contributed by atoms with Crippen LogP contribution in [0.5, 0.6) is 0 Å². The molecule has 0 aromatic carbocycles. The third-order valence-corrected chi connectivity index (χ3v) is 2.63. The summed E-state index contributed by atoms with van der Waals surface area (Å²) in [5.74, 6) is 0. The van der Waals surface area contributed by atoms with Crippen LogP contribution in [0.3, 0.4) is 0 Å². The second-order valence-corrected chi connectivity index (χ2v) is 3.75. The number of hydrogen-bond acceptors (Lipinski definition) is 1. The molecule has 0 aromatic rings. The molecule has 11 heavy (non-hydrogen) atoms. The van der Waals surface area contributed by atoms with Crippen molar-refractivity contribution in [3.05, 3.63) is 0 Å². The monoisotopic (exact) mass is 222 g/mol. The summed E-state index contributed by atoms with van der Waals surface area (Å²) in [4.78, 5) is -1.29. The van der Waals surface area contributed by atoms with Crippen LogP contribution in [0.4, 0.5) is 4.39 Å². The number of alkyl halides is 4. The second kappa shape index (κ2) is 4.70. The normalized spacial score (nSPS) is 19.9. The molecule has 0 saturated carbocycles. The summed E-state index contributed by atoms with van der Waals surface area (Å²) in [6.45, 7) is 3.59. The first-order valence-electron chi connectivity index (χ1n) is 3.20. The maximum absolute atomic E-state index is 13.2. The first-order valence-corrected chi connectivity index (χ1v) is 4.45. The largest absolute Gasteiger partial charge is 0.374 e. The van der Waals surface area contributed by atoms with Crippen molar-refractivity contribution in [3.8, 4) is 0 Å². The predicted molar refractivity (Wildman–Crippen MR) is 46.3 cm³/mol. The van der Waals surface area contributed by atoms with Gasteiger partial charge >= 0.3 is 0 Å². The molecule has 0 bridgehead atoms. The van der Waals surface area contributed by atoms with Gasteiger partial charge in [-0.25, -0.2) is 4.39 Å². The standard InChI is InChI=1S/C6H10Cl3FO/c1-3-11-4(2)6(9,10)5(7)8/h4-5H,3H2,1-2H3. The molecule has 1 nitrogen and oxygen atoms in total. The van der Waals surface area contributed by atoms with Gasteiger partial charge in [-0.3, -0.25) is 0 Å². The predicted octanol–water partition coefficient (Wildman–Crippen LogP) is 3.12.